The Morgan fingerprint density at radius 2 is 1.82 bits per heavy atom. The summed E-state index contributed by atoms with van der Waals surface area (Å²) < 4.78 is 5.31. The van der Waals surface area contributed by atoms with Crippen molar-refractivity contribution in [3.63, 3.8) is 0 Å². The minimum Gasteiger partial charge on any atom is -0.463 e. The molecule has 1 aromatic rings. The molecule has 0 radical (unpaired) electrons. The van der Waals surface area contributed by atoms with Crippen LogP contribution >= 0.6 is 0 Å². The standard InChI is InChI=1S/C17H21NO4/c1-12-7-5-6-10-15(19)16(20)18-14(11-22-17(12)21)13-8-3-2-4-9-13/h2-6,8-9,12,14-15,19H,7,10-11H2,1H3,(H,18,20)/t12-,14?,15-/m1/s1. The molecule has 1 aliphatic heterocycles. The minimum absolute atomic E-state index is 0.0510. The fourth-order valence-electron chi connectivity index (χ4n) is 2.21. The van der Waals surface area contributed by atoms with E-state index in [-0.39, 0.29) is 24.9 Å². The number of allylic oxidation sites excluding steroid dienone is 1. The van der Waals surface area contributed by atoms with Gasteiger partial charge in [-0.2, -0.15) is 0 Å². The second-order valence-electron chi connectivity index (χ2n) is 5.46. The van der Waals surface area contributed by atoms with E-state index in [1.165, 1.54) is 0 Å². The topological polar surface area (TPSA) is 75.6 Å². The molecular formula is C17H21NO4. The lowest BCUT2D eigenvalue weighted by molar-refractivity contribution is -0.149. The highest BCUT2D eigenvalue weighted by Gasteiger charge is 2.23. The number of hydrogen-bond acceptors (Lipinski definition) is 4. The van der Waals surface area contributed by atoms with E-state index in [1.54, 1.807) is 19.1 Å². The molecule has 5 nitrogen and oxygen atoms in total. The summed E-state index contributed by atoms with van der Waals surface area (Å²) in [6.45, 7) is 1.85. The molecule has 2 rings (SSSR count). The predicted molar refractivity (Wildman–Crippen MR) is 81.8 cm³/mol. The lowest BCUT2D eigenvalue weighted by Crippen LogP contribution is -2.39. The van der Waals surface area contributed by atoms with E-state index in [2.05, 4.69) is 5.32 Å². The zero-order chi connectivity index (χ0) is 15.9. The van der Waals surface area contributed by atoms with E-state index in [9.17, 15) is 14.7 Å². The average Bonchev–Trinajstić information content (AvgIpc) is 2.54. The molecule has 1 amide bonds. The number of amides is 1. The highest BCUT2D eigenvalue weighted by atomic mass is 16.5. The number of cyclic esters (lactones) is 1. The highest BCUT2D eigenvalue weighted by Crippen LogP contribution is 2.16. The SMILES string of the molecule is C[C@@H]1CC=CC[C@@H](O)C(=O)NC(c2ccccc2)COC1=O. The van der Waals surface area contributed by atoms with Gasteiger partial charge in [-0.25, -0.2) is 0 Å². The number of carbonyl (C=O) groups excluding carboxylic acids is 2. The van der Waals surface area contributed by atoms with Crippen LogP contribution in [0, 0.1) is 5.92 Å². The number of benzene rings is 1. The van der Waals surface area contributed by atoms with Gasteiger partial charge < -0.3 is 15.2 Å². The summed E-state index contributed by atoms with van der Waals surface area (Å²) in [7, 11) is 0. The molecule has 1 aromatic carbocycles. The molecule has 0 saturated heterocycles. The maximum Gasteiger partial charge on any atom is 0.309 e. The fraction of sp³-hybridized carbons (Fsp3) is 0.412. The second-order valence-corrected chi connectivity index (χ2v) is 5.46. The van der Waals surface area contributed by atoms with E-state index in [4.69, 9.17) is 4.74 Å². The van der Waals surface area contributed by atoms with Gasteiger partial charge in [-0.15, -0.1) is 0 Å². The molecule has 0 saturated carbocycles. The zero-order valence-electron chi connectivity index (χ0n) is 12.6. The van der Waals surface area contributed by atoms with Gasteiger partial charge in [0.25, 0.3) is 0 Å². The van der Waals surface area contributed by atoms with Crippen LogP contribution in [0.2, 0.25) is 0 Å². The molecule has 118 valence electrons. The summed E-state index contributed by atoms with van der Waals surface area (Å²) in [6, 6.07) is 8.79. The molecule has 22 heavy (non-hydrogen) atoms. The fourth-order valence-corrected chi connectivity index (χ4v) is 2.21. The summed E-state index contributed by atoms with van der Waals surface area (Å²) in [6.07, 6.45) is 3.16. The predicted octanol–water partition coefficient (Wildman–Crippen LogP) is 1.73. The average molecular weight is 303 g/mol. The molecule has 0 fully saturated rings. The van der Waals surface area contributed by atoms with Gasteiger partial charge in [0.1, 0.15) is 12.7 Å². The number of esters is 1. The zero-order valence-corrected chi connectivity index (χ0v) is 12.6. The van der Waals surface area contributed by atoms with Crippen LogP contribution in [0.5, 0.6) is 0 Å². The number of nitrogens with one attached hydrogen (secondary N) is 1. The van der Waals surface area contributed by atoms with Crippen LogP contribution in [0.25, 0.3) is 0 Å². The van der Waals surface area contributed by atoms with Crippen LogP contribution in [0.15, 0.2) is 42.5 Å². The summed E-state index contributed by atoms with van der Waals surface area (Å²) >= 11 is 0. The Hall–Kier alpha value is -2.14. The van der Waals surface area contributed by atoms with Gasteiger partial charge in [-0.05, 0) is 12.0 Å². The molecule has 1 heterocycles. The molecule has 0 bridgehead atoms. The van der Waals surface area contributed by atoms with Gasteiger partial charge in [-0.1, -0.05) is 49.4 Å². The van der Waals surface area contributed by atoms with Crippen LogP contribution in [-0.4, -0.2) is 29.7 Å². The van der Waals surface area contributed by atoms with Crippen molar-refractivity contribution in [2.45, 2.75) is 31.9 Å². The van der Waals surface area contributed by atoms with Crippen molar-refractivity contribution in [2.24, 2.45) is 5.92 Å². The van der Waals surface area contributed by atoms with Gasteiger partial charge in [0.2, 0.25) is 5.91 Å². The van der Waals surface area contributed by atoms with Crippen molar-refractivity contribution in [3.05, 3.63) is 48.0 Å². The Kier molecular flexibility index (Phi) is 5.72. The van der Waals surface area contributed by atoms with Crippen molar-refractivity contribution < 1.29 is 19.4 Å². The third-order valence-electron chi connectivity index (χ3n) is 3.63. The van der Waals surface area contributed by atoms with Crippen LogP contribution in [0.4, 0.5) is 0 Å². The molecule has 2 N–H and O–H groups in total. The van der Waals surface area contributed by atoms with Gasteiger partial charge >= 0.3 is 5.97 Å². The Bertz CT molecular complexity index is 541. The molecular weight excluding hydrogens is 282 g/mol. The lowest BCUT2D eigenvalue weighted by Gasteiger charge is -2.22. The van der Waals surface area contributed by atoms with Crippen molar-refractivity contribution in [1.82, 2.24) is 5.32 Å². The van der Waals surface area contributed by atoms with Crippen LogP contribution < -0.4 is 5.32 Å². The first-order valence-electron chi connectivity index (χ1n) is 7.43. The van der Waals surface area contributed by atoms with E-state index >= 15 is 0 Å². The summed E-state index contributed by atoms with van der Waals surface area (Å²) in [5.41, 5.74) is 0.830. The number of hydrogen-bond donors (Lipinski definition) is 2. The van der Waals surface area contributed by atoms with Crippen LogP contribution in [0.3, 0.4) is 0 Å². The first-order chi connectivity index (χ1) is 10.6. The maximum absolute atomic E-state index is 12.0. The van der Waals surface area contributed by atoms with Gasteiger partial charge in [-0.3, -0.25) is 9.59 Å². The normalized spacial score (nSPS) is 27.3. The Balaban J connectivity index is 2.19. The Morgan fingerprint density at radius 1 is 1.14 bits per heavy atom. The molecule has 3 atom stereocenters. The van der Waals surface area contributed by atoms with E-state index in [0.717, 1.165) is 5.56 Å². The third kappa shape index (κ3) is 4.43. The number of aliphatic hydroxyl groups excluding tert-OH is 1. The quantitative estimate of drug-likeness (QED) is 0.612. The van der Waals surface area contributed by atoms with E-state index in [1.807, 2.05) is 30.3 Å². The van der Waals surface area contributed by atoms with E-state index < -0.39 is 18.1 Å². The summed E-state index contributed by atoms with van der Waals surface area (Å²) in [5.74, 6) is -1.01. The summed E-state index contributed by atoms with van der Waals surface area (Å²) in [5, 5.41) is 12.6. The van der Waals surface area contributed by atoms with Gasteiger partial charge in [0, 0.05) is 6.42 Å². The number of aliphatic hydroxyl groups is 1. The molecule has 0 aromatic heterocycles. The molecule has 1 aliphatic rings. The smallest absolute Gasteiger partial charge is 0.309 e. The lowest BCUT2D eigenvalue weighted by atomic mass is 10.0. The number of carbonyl (C=O) groups is 2. The number of rotatable bonds is 1. The first-order valence-corrected chi connectivity index (χ1v) is 7.43. The summed E-state index contributed by atoms with van der Waals surface area (Å²) in [4.78, 5) is 24.0. The Morgan fingerprint density at radius 3 is 2.55 bits per heavy atom. The van der Waals surface area contributed by atoms with Crippen LogP contribution in [0.1, 0.15) is 31.4 Å². The van der Waals surface area contributed by atoms with Crippen molar-refractivity contribution in [3.8, 4) is 0 Å². The maximum atomic E-state index is 12.0. The monoisotopic (exact) mass is 303 g/mol. The number of ether oxygens (including phenoxy) is 1. The molecule has 0 spiro atoms. The van der Waals surface area contributed by atoms with Crippen LogP contribution in [-0.2, 0) is 14.3 Å². The minimum atomic E-state index is -1.10. The first kappa shape index (κ1) is 16.2. The van der Waals surface area contributed by atoms with Gasteiger partial charge in [0.15, 0.2) is 0 Å². The second kappa shape index (κ2) is 7.75. The molecule has 1 unspecified atom stereocenters. The Labute approximate surface area is 130 Å². The van der Waals surface area contributed by atoms with Crippen molar-refractivity contribution >= 4 is 11.9 Å². The van der Waals surface area contributed by atoms with Crippen molar-refractivity contribution in [1.29, 1.82) is 0 Å². The highest BCUT2D eigenvalue weighted by molar-refractivity contribution is 5.81. The van der Waals surface area contributed by atoms with Crippen molar-refractivity contribution in [2.75, 3.05) is 6.61 Å². The van der Waals surface area contributed by atoms with E-state index in [0.29, 0.717) is 6.42 Å². The third-order valence-corrected chi connectivity index (χ3v) is 3.63. The van der Waals surface area contributed by atoms with Gasteiger partial charge in [0.05, 0.1) is 12.0 Å². The molecule has 5 heteroatoms. The molecule has 0 aliphatic carbocycles. The largest absolute Gasteiger partial charge is 0.463 e.